The predicted octanol–water partition coefficient (Wildman–Crippen LogP) is 0.888. The van der Waals surface area contributed by atoms with Gasteiger partial charge in [0.2, 0.25) is 0 Å². The zero-order valence-corrected chi connectivity index (χ0v) is 10.8. The van der Waals surface area contributed by atoms with Crippen molar-refractivity contribution in [2.24, 2.45) is 0 Å². The molecule has 1 unspecified atom stereocenters. The van der Waals surface area contributed by atoms with Crippen molar-refractivity contribution in [3.63, 3.8) is 0 Å². The summed E-state index contributed by atoms with van der Waals surface area (Å²) in [5.41, 5.74) is 7.58. The number of nitrogens with zero attached hydrogens (tertiary/aromatic N) is 1. The van der Waals surface area contributed by atoms with Crippen LogP contribution < -0.4 is 5.73 Å². The summed E-state index contributed by atoms with van der Waals surface area (Å²) in [6.07, 6.45) is 0.737. The third-order valence-corrected chi connectivity index (χ3v) is 4.97. The second kappa shape index (κ2) is 4.66. The molecule has 1 fully saturated rings. The molecule has 0 aliphatic carbocycles. The molecule has 5 heteroatoms. The molecule has 0 spiro atoms. The van der Waals surface area contributed by atoms with Gasteiger partial charge in [-0.1, -0.05) is 12.1 Å². The zero-order chi connectivity index (χ0) is 12.5. The highest BCUT2D eigenvalue weighted by molar-refractivity contribution is 7.91. The Morgan fingerprint density at radius 2 is 2.24 bits per heavy atom. The van der Waals surface area contributed by atoms with Gasteiger partial charge >= 0.3 is 0 Å². The first-order valence-corrected chi connectivity index (χ1v) is 7.53. The van der Waals surface area contributed by atoms with Gasteiger partial charge in [0, 0.05) is 18.3 Å². The molecule has 4 nitrogen and oxygen atoms in total. The number of hydrogen-bond donors (Lipinski definition) is 1. The molecule has 0 amide bonds. The van der Waals surface area contributed by atoms with E-state index in [0.717, 1.165) is 24.2 Å². The Hall–Kier alpha value is -1.07. The van der Waals surface area contributed by atoms with Gasteiger partial charge in [0.05, 0.1) is 11.5 Å². The molecule has 0 saturated carbocycles. The average molecular weight is 254 g/mol. The second-order valence-electron chi connectivity index (χ2n) is 4.72. The molecule has 1 atom stereocenters. The van der Waals surface area contributed by atoms with Crippen LogP contribution in [0.4, 0.5) is 5.69 Å². The van der Waals surface area contributed by atoms with E-state index in [-0.39, 0.29) is 11.8 Å². The van der Waals surface area contributed by atoms with Crippen LogP contribution in [-0.2, 0) is 16.4 Å². The van der Waals surface area contributed by atoms with Crippen LogP contribution in [-0.4, -0.2) is 37.9 Å². The quantitative estimate of drug-likeness (QED) is 0.814. The molecule has 2 N–H and O–H groups in total. The minimum atomic E-state index is -2.81. The molecule has 17 heavy (non-hydrogen) atoms. The van der Waals surface area contributed by atoms with Crippen LogP contribution in [0, 0.1) is 0 Å². The minimum absolute atomic E-state index is 0.140. The monoisotopic (exact) mass is 254 g/mol. The van der Waals surface area contributed by atoms with Crippen molar-refractivity contribution < 1.29 is 8.42 Å². The van der Waals surface area contributed by atoms with Crippen LogP contribution in [0.5, 0.6) is 0 Å². The number of nitrogen functional groups attached to an aromatic ring is 1. The van der Waals surface area contributed by atoms with Gasteiger partial charge in [-0.25, -0.2) is 8.42 Å². The first-order valence-electron chi connectivity index (χ1n) is 5.71. The molecule has 2 rings (SSSR count). The van der Waals surface area contributed by atoms with Crippen molar-refractivity contribution in [1.29, 1.82) is 0 Å². The number of benzene rings is 1. The van der Waals surface area contributed by atoms with Crippen molar-refractivity contribution >= 4 is 15.5 Å². The van der Waals surface area contributed by atoms with Crippen molar-refractivity contribution in [1.82, 2.24) is 4.90 Å². The molecule has 1 aliphatic heterocycles. The summed E-state index contributed by atoms with van der Waals surface area (Å²) in [7, 11) is -0.840. The Labute approximate surface area is 102 Å². The summed E-state index contributed by atoms with van der Waals surface area (Å²) < 4.78 is 22.8. The zero-order valence-electron chi connectivity index (χ0n) is 9.96. The molecule has 1 saturated heterocycles. The molecule has 94 valence electrons. The van der Waals surface area contributed by atoms with Gasteiger partial charge in [0.15, 0.2) is 9.84 Å². The van der Waals surface area contributed by atoms with Crippen LogP contribution in [0.3, 0.4) is 0 Å². The Morgan fingerprint density at radius 1 is 1.47 bits per heavy atom. The number of sulfone groups is 1. The Balaban J connectivity index is 2.00. The summed E-state index contributed by atoms with van der Waals surface area (Å²) in [6, 6.07) is 7.85. The van der Waals surface area contributed by atoms with E-state index in [9.17, 15) is 8.42 Å². The largest absolute Gasteiger partial charge is 0.399 e. The lowest BCUT2D eigenvalue weighted by Crippen LogP contribution is -2.32. The lowest BCUT2D eigenvalue weighted by molar-refractivity contribution is 0.254. The standard InChI is InChI=1S/C12H18N2O2S/c1-14(12-5-6-17(15,16)9-12)8-10-3-2-4-11(13)7-10/h2-4,7,12H,5-6,8-9,13H2,1H3. The molecule has 1 aliphatic rings. The van der Waals surface area contributed by atoms with Crippen LogP contribution in [0.2, 0.25) is 0 Å². The molecular weight excluding hydrogens is 236 g/mol. The maximum Gasteiger partial charge on any atom is 0.151 e. The first-order chi connectivity index (χ1) is 7.96. The summed E-state index contributed by atoms with van der Waals surface area (Å²) in [5.74, 6) is 0.602. The molecular formula is C12H18N2O2S. The molecule has 0 radical (unpaired) electrons. The topological polar surface area (TPSA) is 63.4 Å². The van der Waals surface area contributed by atoms with Crippen LogP contribution >= 0.6 is 0 Å². The summed E-state index contributed by atoms with van der Waals surface area (Å²) in [6.45, 7) is 0.741. The minimum Gasteiger partial charge on any atom is -0.399 e. The van der Waals surface area contributed by atoms with Crippen LogP contribution in [0.1, 0.15) is 12.0 Å². The van der Waals surface area contributed by atoms with Crippen molar-refractivity contribution in [3.8, 4) is 0 Å². The fourth-order valence-electron chi connectivity index (χ4n) is 2.23. The first kappa shape index (κ1) is 12.4. The maximum absolute atomic E-state index is 11.4. The van der Waals surface area contributed by atoms with Gasteiger partial charge in [0.25, 0.3) is 0 Å². The Kier molecular flexibility index (Phi) is 3.40. The van der Waals surface area contributed by atoms with Gasteiger partial charge in [-0.15, -0.1) is 0 Å². The smallest absolute Gasteiger partial charge is 0.151 e. The van der Waals surface area contributed by atoms with E-state index in [0.29, 0.717) is 5.75 Å². The third-order valence-electron chi connectivity index (χ3n) is 3.21. The number of anilines is 1. The van der Waals surface area contributed by atoms with E-state index >= 15 is 0 Å². The maximum atomic E-state index is 11.4. The predicted molar refractivity (Wildman–Crippen MR) is 69.4 cm³/mol. The van der Waals surface area contributed by atoms with Gasteiger partial charge in [-0.3, -0.25) is 4.90 Å². The lowest BCUT2D eigenvalue weighted by Gasteiger charge is -2.23. The highest BCUT2D eigenvalue weighted by atomic mass is 32.2. The highest BCUT2D eigenvalue weighted by Crippen LogP contribution is 2.19. The van der Waals surface area contributed by atoms with Gasteiger partial charge in [-0.05, 0) is 31.2 Å². The van der Waals surface area contributed by atoms with Crippen LogP contribution in [0.25, 0.3) is 0 Å². The molecule has 0 bridgehead atoms. The number of rotatable bonds is 3. The van der Waals surface area contributed by atoms with E-state index in [1.807, 2.05) is 31.3 Å². The fraction of sp³-hybridized carbons (Fsp3) is 0.500. The van der Waals surface area contributed by atoms with Crippen molar-refractivity contribution in [2.45, 2.75) is 19.0 Å². The van der Waals surface area contributed by atoms with Gasteiger partial charge in [-0.2, -0.15) is 0 Å². The molecule has 1 heterocycles. The van der Waals surface area contributed by atoms with E-state index < -0.39 is 9.84 Å². The van der Waals surface area contributed by atoms with E-state index in [1.54, 1.807) is 0 Å². The molecule has 1 aromatic rings. The van der Waals surface area contributed by atoms with Gasteiger partial charge < -0.3 is 5.73 Å². The van der Waals surface area contributed by atoms with Gasteiger partial charge in [0.1, 0.15) is 0 Å². The molecule has 0 aromatic heterocycles. The van der Waals surface area contributed by atoms with E-state index in [2.05, 4.69) is 4.90 Å². The van der Waals surface area contributed by atoms with Crippen molar-refractivity contribution in [3.05, 3.63) is 29.8 Å². The summed E-state index contributed by atoms with van der Waals surface area (Å²) in [4.78, 5) is 2.10. The summed E-state index contributed by atoms with van der Waals surface area (Å²) >= 11 is 0. The lowest BCUT2D eigenvalue weighted by atomic mass is 10.1. The number of hydrogen-bond acceptors (Lipinski definition) is 4. The third kappa shape index (κ3) is 3.20. The SMILES string of the molecule is CN(Cc1cccc(N)c1)C1CCS(=O)(=O)C1. The Bertz CT molecular complexity index is 499. The fourth-order valence-corrected chi connectivity index (χ4v) is 4.04. The average Bonchev–Trinajstić information content (AvgIpc) is 2.59. The van der Waals surface area contributed by atoms with E-state index in [1.165, 1.54) is 0 Å². The van der Waals surface area contributed by atoms with Crippen molar-refractivity contribution in [2.75, 3.05) is 24.3 Å². The number of nitrogens with two attached hydrogens (primary N) is 1. The van der Waals surface area contributed by atoms with E-state index in [4.69, 9.17) is 5.73 Å². The van der Waals surface area contributed by atoms with Crippen LogP contribution in [0.15, 0.2) is 24.3 Å². The second-order valence-corrected chi connectivity index (χ2v) is 6.95. The Morgan fingerprint density at radius 3 is 2.82 bits per heavy atom. The highest BCUT2D eigenvalue weighted by Gasteiger charge is 2.30. The summed E-state index contributed by atoms with van der Waals surface area (Å²) in [5, 5.41) is 0. The molecule has 1 aromatic carbocycles. The normalized spacial score (nSPS) is 23.1.